The lowest BCUT2D eigenvalue weighted by Crippen LogP contribution is -2.28. The fourth-order valence-electron chi connectivity index (χ4n) is 4.28. The van der Waals surface area contributed by atoms with E-state index in [9.17, 15) is 4.79 Å². The first-order valence-electron chi connectivity index (χ1n) is 10.2. The van der Waals surface area contributed by atoms with Crippen molar-refractivity contribution in [1.82, 2.24) is 28.9 Å². The molecule has 1 aliphatic heterocycles. The van der Waals surface area contributed by atoms with E-state index in [0.717, 1.165) is 49.0 Å². The molecule has 0 amide bonds. The predicted molar refractivity (Wildman–Crippen MR) is 107 cm³/mol. The van der Waals surface area contributed by atoms with Gasteiger partial charge in [-0.1, -0.05) is 24.3 Å². The lowest BCUT2D eigenvalue weighted by Gasteiger charge is -2.16. The van der Waals surface area contributed by atoms with Gasteiger partial charge in [0.15, 0.2) is 11.3 Å². The molecule has 1 aromatic carbocycles. The maximum absolute atomic E-state index is 13.6. The van der Waals surface area contributed by atoms with Crippen LogP contribution in [0.25, 0.3) is 22.4 Å². The Labute approximate surface area is 166 Å². The van der Waals surface area contributed by atoms with Crippen molar-refractivity contribution in [3.63, 3.8) is 0 Å². The van der Waals surface area contributed by atoms with E-state index in [1.165, 1.54) is 0 Å². The maximum Gasteiger partial charge on any atom is 0.279 e. The minimum atomic E-state index is -0.0821. The van der Waals surface area contributed by atoms with Crippen molar-refractivity contribution in [2.24, 2.45) is 0 Å². The maximum atomic E-state index is 13.6. The molecule has 6 rings (SSSR count). The summed E-state index contributed by atoms with van der Waals surface area (Å²) >= 11 is 0. The van der Waals surface area contributed by atoms with Crippen LogP contribution in [-0.4, -0.2) is 41.7 Å². The number of ether oxygens (including phenoxy) is 1. The van der Waals surface area contributed by atoms with E-state index in [1.54, 1.807) is 11.0 Å². The average molecular weight is 390 g/mol. The van der Waals surface area contributed by atoms with Crippen LogP contribution in [0.1, 0.15) is 38.3 Å². The van der Waals surface area contributed by atoms with Crippen LogP contribution in [0.3, 0.4) is 0 Å². The monoisotopic (exact) mass is 390 g/mol. The molecule has 0 spiro atoms. The molecule has 0 N–H and O–H groups in total. The van der Waals surface area contributed by atoms with Gasteiger partial charge in [0.2, 0.25) is 0 Å². The fourth-order valence-corrected chi connectivity index (χ4v) is 4.28. The Morgan fingerprint density at radius 1 is 1.24 bits per heavy atom. The smallest absolute Gasteiger partial charge is 0.279 e. The van der Waals surface area contributed by atoms with Crippen molar-refractivity contribution in [3.05, 3.63) is 52.8 Å². The largest absolute Gasteiger partial charge is 0.376 e. The number of hydrogen-bond acceptors (Lipinski definition) is 5. The van der Waals surface area contributed by atoms with Gasteiger partial charge in [-0.3, -0.25) is 9.20 Å². The SMILES string of the molecule is CC1(c2cn(-c3ncn4c3c(=O)n(CC3CCCO3)c3ccccc34)nn2)CC1. The zero-order chi connectivity index (χ0) is 19.6. The Hall–Kier alpha value is -3.00. The first kappa shape index (κ1) is 16.9. The molecule has 0 bridgehead atoms. The van der Waals surface area contributed by atoms with Crippen LogP contribution in [-0.2, 0) is 16.7 Å². The van der Waals surface area contributed by atoms with Gasteiger partial charge in [-0.2, -0.15) is 4.68 Å². The molecule has 29 heavy (non-hydrogen) atoms. The van der Waals surface area contributed by atoms with Gasteiger partial charge in [0.25, 0.3) is 5.56 Å². The highest BCUT2D eigenvalue weighted by Gasteiger charge is 2.42. The number of aromatic nitrogens is 6. The Kier molecular flexibility index (Phi) is 3.50. The molecule has 1 saturated carbocycles. The third kappa shape index (κ3) is 2.55. The summed E-state index contributed by atoms with van der Waals surface area (Å²) in [5.74, 6) is 0.518. The minimum absolute atomic E-state index is 0.0673. The van der Waals surface area contributed by atoms with Gasteiger partial charge in [-0.25, -0.2) is 4.98 Å². The number of benzene rings is 1. The Morgan fingerprint density at radius 2 is 2.07 bits per heavy atom. The van der Waals surface area contributed by atoms with Crippen molar-refractivity contribution in [3.8, 4) is 5.82 Å². The summed E-state index contributed by atoms with van der Waals surface area (Å²) in [5, 5.41) is 8.63. The second-order valence-corrected chi connectivity index (χ2v) is 8.44. The van der Waals surface area contributed by atoms with E-state index in [4.69, 9.17) is 4.74 Å². The lowest BCUT2D eigenvalue weighted by atomic mass is 10.1. The van der Waals surface area contributed by atoms with Crippen molar-refractivity contribution in [2.75, 3.05) is 6.61 Å². The van der Waals surface area contributed by atoms with Gasteiger partial charge < -0.3 is 9.30 Å². The van der Waals surface area contributed by atoms with Crippen molar-refractivity contribution in [2.45, 2.75) is 50.7 Å². The van der Waals surface area contributed by atoms with Crippen LogP contribution in [0.2, 0.25) is 0 Å². The second kappa shape index (κ2) is 6.00. The van der Waals surface area contributed by atoms with Gasteiger partial charge in [-0.15, -0.1) is 5.10 Å². The number of rotatable bonds is 4. The average Bonchev–Trinajstić information content (AvgIpc) is 3.21. The highest BCUT2D eigenvalue weighted by atomic mass is 16.5. The molecule has 8 nitrogen and oxygen atoms in total. The molecule has 3 aromatic heterocycles. The summed E-state index contributed by atoms with van der Waals surface area (Å²) in [7, 11) is 0. The van der Waals surface area contributed by atoms with Gasteiger partial charge in [-0.05, 0) is 37.8 Å². The molecule has 1 unspecified atom stereocenters. The summed E-state index contributed by atoms with van der Waals surface area (Å²) < 4.78 is 11.1. The first-order valence-corrected chi connectivity index (χ1v) is 10.2. The van der Waals surface area contributed by atoms with Crippen molar-refractivity contribution in [1.29, 1.82) is 0 Å². The molecule has 1 saturated heterocycles. The van der Waals surface area contributed by atoms with Crippen LogP contribution in [0.5, 0.6) is 0 Å². The van der Waals surface area contributed by atoms with Crippen LogP contribution in [0, 0.1) is 0 Å². The molecule has 1 atom stereocenters. The molecule has 0 radical (unpaired) electrons. The molecule has 148 valence electrons. The molecular formula is C21H22N6O2. The summed E-state index contributed by atoms with van der Waals surface area (Å²) in [6, 6.07) is 7.92. The van der Waals surface area contributed by atoms with Gasteiger partial charge in [0.1, 0.15) is 6.33 Å². The van der Waals surface area contributed by atoms with Gasteiger partial charge >= 0.3 is 0 Å². The van der Waals surface area contributed by atoms with Crippen LogP contribution in [0.4, 0.5) is 0 Å². The zero-order valence-corrected chi connectivity index (χ0v) is 16.3. The third-order valence-electron chi connectivity index (χ3n) is 6.37. The van der Waals surface area contributed by atoms with Crippen LogP contribution >= 0.6 is 0 Å². The molecule has 2 fully saturated rings. The first-order chi connectivity index (χ1) is 14.1. The summed E-state index contributed by atoms with van der Waals surface area (Å²) in [4.78, 5) is 18.1. The van der Waals surface area contributed by atoms with Crippen molar-refractivity contribution < 1.29 is 4.74 Å². The predicted octanol–water partition coefficient (Wildman–Crippen LogP) is 2.46. The Morgan fingerprint density at radius 3 is 2.83 bits per heavy atom. The zero-order valence-electron chi connectivity index (χ0n) is 16.3. The quantitative estimate of drug-likeness (QED) is 0.535. The molecule has 4 aromatic rings. The van der Waals surface area contributed by atoms with Gasteiger partial charge in [0.05, 0.1) is 35.6 Å². The Balaban J connectivity index is 1.57. The summed E-state index contributed by atoms with van der Waals surface area (Å²) in [6.07, 6.45) is 7.93. The van der Waals surface area contributed by atoms with E-state index >= 15 is 0 Å². The van der Waals surface area contributed by atoms with Crippen LogP contribution < -0.4 is 5.56 Å². The molecule has 1 aliphatic carbocycles. The number of fused-ring (bicyclic) bond motifs is 3. The molecule has 2 aliphatic rings. The molecule has 8 heteroatoms. The lowest BCUT2D eigenvalue weighted by molar-refractivity contribution is 0.0973. The van der Waals surface area contributed by atoms with E-state index in [-0.39, 0.29) is 17.1 Å². The number of para-hydroxylation sites is 2. The van der Waals surface area contributed by atoms with E-state index in [0.29, 0.717) is 17.9 Å². The van der Waals surface area contributed by atoms with E-state index in [1.807, 2.05) is 39.4 Å². The number of hydrogen-bond donors (Lipinski definition) is 0. The number of imidazole rings is 1. The second-order valence-electron chi connectivity index (χ2n) is 8.44. The van der Waals surface area contributed by atoms with Crippen molar-refractivity contribution >= 4 is 16.6 Å². The minimum Gasteiger partial charge on any atom is -0.376 e. The van der Waals surface area contributed by atoms with Gasteiger partial charge in [0, 0.05) is 12.0 Å². The highest BCUT2D eigenvalue weighted by molar-refractivity contribution is 5.80. The summed E-state index contributed by atoms with van der Waals surface area (Å²) in [6.45, 7) is 3.49. The van der Waals surface area contributed by atoms with Crippen LogP contribution in [0.15, 0.2) is 41.6 Å². The summed E-state index contributed by atoms with van der Waals surface area (Å²) in [5.41, 5.74) is 3.32. The molecular weight excluding hydrogens is 368 g/mol. The molecule has 4 heterocycles. The topological polar surface area (TPSA) is 79.2 Å². The third-order valence-corrected chi connectivity index (χ3v) is 6.37. The normalized spacial score (nSPS) is 20.7. The standard InChI is InChI=1S/C21H22N6O2/c1-21(8-9-21)17-12-27(24-23-17)19-18-20(28)25(11-14-5-4-10-29-14)15-6-2-3-7-16(15)26(18)13-22-19/h2-3,6-7,12-14H,4-5,8-11H2,1H3. The highest BCUT2D eigenvalue weighted by Crippen LogP contribution is 2.46. The number of nitrogens with zero attached hydrogens (tertiary/aromatic N) is 6. The fraction of sp³-hybridized carbons (Fsp3) is 0.429. The van der Waals surface area contributed by atoms with E-state index in [2.05, 4.69) is 22.2 Å². The Bertz CT molecular complexity index is 1290. The van der Waals surface area contributed by atoms with E-state index < -0.39 is 0 Å².